The van der Waals surface area contributed by atoms with Crippen LogP contribution < -0.4 is 0 Å². The zero-order valence-corrected chi connectivity index (χ0v) is 17.4. The smallest absolute Gasteiger partial charge is 0.410 e. The van der Waals surface area contributed by atoms with Gasteiger partial charge in [0.15, 0.2) is 5.79 Å². The third-order valence-corrected chi connectivity index (χ3v) is 6.15. The first-order valence-corrected chi connectivity index (χ1v) is 10.6. The fourth-order valence-corrected chi connectivity index (χ4v) is 4.72. The van der Waals surface area contributed by atoms with E-state index in [1.54, 1.807) is 0 Å². The number of benzene rings is 2. The number of rotatable bonds is 5. The average Bonchev–Trinajstić information content (AvgIpc) is 3.25. The van der Waals surface area contributed by atoms with Crippen molar-refractivity contribution in [2.75, 3.05) is 13.2 Å². The van der Waals surface area contributed by atoms with E-state index in [0.717, 1.165) is 11.1 Å². The monoisotopic (exact) mass is 407 g/mol. The van der Waals surface area contributed by atoms with E-state index in [1.165, 1.54) is 0 Å². The summed E-state index contributed by atoms with van der Waals surface area (Å²) in [5.74, 6) is -0.738. The van der Waals surface area contributed by atoms with Crippen LogP contribution in [0.4, 0.5) is 4.79 Å². The van der Waals surface area contributed by atoms with Crippen molar-refractivity contribution in [3.63, 3.8) is 0 Å². The standard InChI is InChI=1S/C25H29NO4/c1-3-10-22-17-25(29-15-16-30-25)19(2)23(21-13-8-5-9-14-21)26(22)24(27)28-18-20-11-6-4-7-12-20/h3-9,11-14,19,22-23H,1,10,15-18H2,2H3/t19-,22+,23+/m1/s1. The Morgan fingerprint density at radius 2 is 1.77 bits per heavy atom. The highest BCUT2D eigenvalue weighted by molar-refractivity contribution is 5.69. The molecular weight excluding hydrogens is 378 g/mol. The third kappa shape index (κ3) is 4.00. The van der Waals surface area contributed by atoms with Crippen LogP contribution in [0.1, 0.15) is 36.9 Å². The Hall–Kier alpha value is -2.63. The van der Waals surface area contributed by atoms with E-state index in [4.69, 9.17) is 14.2 Å². The van der Waals surface area contributed by atoms with Crippen molar-refractivity contribution in [1.82, 2.24) is 4.90 Å². The number of hydrogen-bond donors (Lipinski definition) is 0. The first-order valence-electron chi connectivity index (χ1n) is 10.6. The molecule has 0 saturated carbocycles. The van der Waals surface area contributed by atoms with E-state index in [2.05, 4.69) is 25.6 Å². The van der Waals surface area contributed by atoms with Crippen molar-refractivity contribution in [2.24, 2.45) is 5.92 Å². The molecule has 5 nitrogen and oxygen atoms in total. The summed E-state index contributed by atoms with van der Waals surface area (Å²) in [6.07, 6.45) is 2.77. The highest BCUT2D eigenvalue weighted by atomic mass is 16.7. The number of nitrogens with zero attached hydrogens (tertiary/aromatic N) is 1. The molecule has 2 aromatic carbocycles. The third-order valence-electron chi connectivity index (χ3n) is 6.15. The molecule has 3 atom stereocenters. The van der Waals surface area contributed by atoms with Gasteiger partial charge in [0.1, 0.15) is 6.61 Å². The van der Waals surface area contributed by atoms with Crippen LogP contribution in [0.2, 0.25) is 0 Å². The molecule has 158 valence electrons. The lowest BCUT2D eigenvalue weighted by Gasteiger charge is -2.52. The van der Waals surface area contributed by atoms with Gasteiger partial charge >= 0.3 is 6.09 Å². The van der Waals surface area contributed by atoms with Crippen molar-refractivity contribution in [3.8, 4) is 0 Å². The van der Waals surface area contributed by atoms with Crippen molar-refractivity contribution in [2.45, 2.75) is 44.2 Å². The minimum absolute atomic E-state index is 0.0484. The number of carbonyl (C=O) groups excluding carboxylic acids is 1. The maximum Gasteiger partial charge on any atom is 0.410 e. The second-order valence-corrected chi connectivity index (χ2v) is 7.98. The summed E-state index contributed by atoms with van der Waals surface area (Å²) in [4.78, 5) is 15.3. The van der Waals surface area contributed by atoms with Gasteiger partial charge in [-0.05, 0) is 17.5 Å². The van der Waals surface area contributed by atoms with Crippen LogP contribution in [0, 0.1) is 5.92 Å². The van der Waals surface area contributed by atoms with Crippen LogP contribution >= 0.6 is 0 Å². The van der Waals surface area contributed by atoms with Crippen LogP contribution in [0.5, 0.6) is 0 Å². The second kappa shape index (κ2) is 9.02. The molecule has 5 heteroatoms. The lowest BCUT2D eigenvalue weighted by Crippen LogP contribution is -2.59. The number of hydrogen-bond acceptors (Lipinski definition) is 4. The van der Waals surface area contributed by atoms with Gasteiger partial charge in [-0.2, -0.15) is 0 Å². The number of piperidine rings is 1. The second-order valence-electron chi connectivity index (χ2n) is 7.98. The molecule has 2 fully saturated rings. The Bertz CT molecular complexity index is 848. The Balaban J connectivity index is 1.66. The van der Waals surface area contributed by atoms with Gasteiger partial charge in [0, 0.05) is 18.4 Å². The van der Waals surface area contributed by atoms with E-state index >= 15 is 0 Å². The van der Waals surface area contributed by atoms with Gasteiger partial charge in [-0.25, -0.2) is 4.79 Å². The van der Waals surface area contributed by atoms with Gasteiger partial charge in [0.25, 0.3) is 0 Å². The Kier molecular flexibility index (Phi) is 6.21. The van der Waals surface area contributed by atoms with Crippen LogP contribution in [0.15, 0.2) is 73.3 Å². The zero-order valence-electron chi connectivity index (χ0n) is 17.4. The molecule has 1 amide bonds. The van der Waals surface area contributed by atoms with E-state index in [1.807, 2.05) is 59.5 Å². The highest BCUT2D eigenvalue weighted by Gasteiger charge is 2.55. The summed E-state index contributed by atoms with van der Waals surface area (Å²) in [6, 6.07) is 19.5. The molecule has 0 N–H and O–H groups in total. The minimum Gasteiger partial charge on any atom is -0.445 e. The predicted octanol–water partition coefficient (Wildman–Crippen LogP) is 5.09. The molecule has 4 rings (SSSR count). The van der Waals surface area contributed by atoms with Crippen molar-refractivity contribution < 1.29 is 19.0 Å². The Labute approximate surface area is 178 Å². The van der Waals surface area contributed by atoms with Crippen molar-refractivity contribution >= 4 is 6.09 Å². The summed E-state index contributed by atoms with van der Waals surface area (Å²) in [6.45, 7) is 7.41. The number of amides is 1. The summed E-state index contributed by atoms with van der Waals surface area (Å²) in [5.41, 5.74) is 2.01. The molecule has 0 aliphatic carbocycles. The molecule has 2 saturated heterocycles. The SMILES string of the molecule is C=CC[C@H]1CC2(OCCO2)[C@H](C)[C@@H](c2ccccc2)N1C(=O)OCc1ccccc1. The molecule has 2 aliphatic heterocycles. The molecule has 2 aliphatic rings. The van der Waals surface area contributed by atoms with Crippen molar-refractivity contribution in [1.29, 1.82) is 0 Å². The minimum atomic E-state index is -0.690. The number of ether oxygens (including phenoxy) is 3. The summed E-state index contributed by atoms with van der Waals surface area (Å²) in [7, 11) is 0. The van der Waals surface area contributed by atoms with E-state index in [9.17, 15) is 4.79 Å². The van der Waals surface area contributed by atoms with Crippen LogP contribution in [0.3, 0.4) is 0 Å². The first-order chi connectivity index (χ1) is 14.6. The molecule has 30 heavy (non-hydrogen) atoms. The largest absolute Gasteiger partial charge is 0.445 e. The fraction of sp³-hybridized carbons (Fsp3) is 0.400. The molecule has 0 bridgehead atoms. The predicted molar refractivity (Wildman–Crippen MR) is 115 cm³/mol. The van der Waals surface area contributed by atoms with Gasteiger partial charge in [-0.15, -0.1) is 6.58 Å². The van der Waals surface area contributed by atoms with Gasteiger partial charge < -0.3 is 14.2 Å². The summed E-state index contributed by atoms with van der Waals surface area (Å²) >= 11 is 0. The van der Waals surface area contributed by atoms with E-state index in [0.29, 0.717) is 26.1 Å². The summed E-state index contributed by atoms with van der Waals surface area (Å²) in [5, 5.41) is 0. The molecule has 0 aromatic heterocycles. The van der Waals surface area contributed by atoms with Crippen molar-refractivity contribution in [3.05, 3.63) is 84.4 Å². The molecule has 1 spiro atoms. The van der Waals surface area contributed by atoms with E-state index < -0.39 is 5.79 Å². The lowest BCUT2D eigenvalue weighted by atomic mass is 9.77. The summed E-state index contributed by atoms with van der Waals surface area (Å²) < 4.78 is 18.1. The molecular formula is C25H29NO4. The Morgan fingerprint density at radius 3 is 2.40 bits per heavy atom. The fourth-order valence-electron chi connectivity index (χ4n) is 4.72. The topological polar surface area (TPSA) is 48.0 Å². The maximum absolute atomic E-state index is 13.4. The molecule has 0 unspecified atom stereocenters. The van der Waals surface area contributed by atoms with Crippen LogP contribution in [-0.2, 0) is 20.8 Å². The van der Waals surface area contributed by atoms with Gasteiger partial charge in [0.05, 0.1) is 19.3 Å². The zero-order chi connectivity index (χ0) is 21.0. The Morgan fingerprint density at radius 1 is 1.13 bits per heavy atom. The van der Waals surface area contributed by atoms with Gasteiger partial charge in [-0.1, -0.05) is 73.7 Å². The first kappa shape index (κ1) is 20.6. The van der Waals surface area contributed by atoms with Gasteiger partial charge in [-0.3, -0.25) is 4.90 Å². The average molecular weight is 408 g/mol. The lowest BCUT2D eigenvalue weighted by molar-refractivity contribution is -0.239. The van der Waals surface area contributed by atoms with Crippen LogP contribution in [0.25, 0.3) is 0 Å². The molecule has 2 heterocycles. The quantitative estimate of drug-likeness (QED) is 0.648. The normalized spacial score (nSPS) is 25.2. The molecule has 2 aromatic rings. The number of carbonyl (C=O) groups is 1. The van der Waals surface area contributed by atoms with Crippen LogP contribution in [-0.4, -0.2) is 36.0 Å². The highest BCUT2D eigenvalue weighted by Crippen LogP contribution is 2.49. The van der Waals surface area contributed by atoms with Gasteiger partial charge in [0.2, 0.25) is 0 Å². The number of likely N-dealkylation sites (tertiary alicyclic amines) is 1. The van der Waals surface area contributed by atoms with E-state index in [-0.39, 0.29) is 30.7 Å². The molecule has 0 radical (unpaired) electrons. The maximum atomic E-state index is 13.4.